The van der Waals surface area contributed by atoms with Gasteiger partial charge in [0.1, 0.15) is 0 Å². The van der Waals surface area contributed by atoms with Crippen LogP contribution in [-0.4, -0.2) is 5.78 Å². The Morgan fingerprint density at radius 1 is 1.12 bits per heavy atom. The van der Waals surface area contributed by atoms with Crippen LogP contribution in [0.25, 0.3) is 0 Å². The van der Waals surface area contributed by atoms with E-state index >= 15 is 0 Å². The highest BCUT2D eigenvalue weighted by atomic mass is 79.9. The van der Waals surface area contributed by atoms with Gasteiger partial charge < -0.3 is 0 Å². The minimum absolute atomic E-state index is 0.0428. The summed E-state index contributed by atoms with van der Waals surface area (Å²) in [5.41, 5.74) is 0. The third-order valence-corrected chi connectivity index (χ3v) is 0.983. The smallest absolute Gasteiger partial charge is 0.179 e. The van der Waals surface area contributed by atoms with Crippen molar-refractivity contribution in [2.75, 3.05) is 0 Å². The van der Waals surface area contributed by atoms with E-state index in [0.717, 1.165) is 0 Å². The summed E-state index contributed by atoms with van der Waals surface area (Å²) in [5, 5.41) is 0. The molecule has 0 aromatic heterocycles. The quantitative estimate of drug-likeness (QED) is 0.677. The van der Waals surface area contributed by atoms with Crippen LogP contribution in [0.5, 0.6) is 0 Å². The standard InChI is InChI=1S/C5H4Br2O/c6-3-1-5(8)2-4-7/h1-4H/b3-1+,4-2+. The van der Waals surface area contributed by atoms with Crippen LogP contribution in [0.3, 0.4) is 0 Å². The summed E-state index contributed by atoms with van der Waals surface area (Å²) < 4.78 is 0. The van der Waals surface area contributed by atoms with Crippen molar-refractivity contribution in [3.63, 3.8) is 0 Å². The van der Waals surface area contributed by atoms with E-state index in [4.69, 9.17) is 0 Å². The fourth-order valence-corrected chi connectivity index (χ4v) is 0.701. The van der Waals surface area contributed by atoms with Gasteiger partial charge in [0.2, 0.25) is 0 Å². The molecule has 0 N–H and O–H groups in total. The molecule has 0 spiro atoms. The lowest BCUT2D eigenvalue weighted by Gasteiger charge is -1.73. The zero-order chi connectivity index (χ0) is 6.41. The molecule has 0 radical (unpaired) electrons. The summed E-state index contributed by atoms with van der Waals surface area (Å²) in [5.74, 6) is -0.0428. The Morgan fingerprint density at radius 2 is 1.50 bits per heavy atom. The van der Waals surface area contributed by atoms with Crippen molar-refractivity contribution >= 4 is 37.6 Å². The lowest BCUT2D eigenvalue weighted by molar-refractivity contribution is -0.110. The minimum atomic E-state index is -0.0428. The zero-order valence-electron chi connectivity index (χ0n) is 3.97. The van der Waals surface area contributed by atoms with Crippen LogP contribution in [0, 0.1) is 0 Å². The third-order valence-electron chi connectivity index (χ3n) is 0.455. The zero-order valence-corrected chi connectivity index (χ0v) is 7.15. The molecule has 0 aromatic carbocycles. The van der Waals surface area contributed by atoms with Gasteiger partial charge in [0.15, 0.2) is 5.78 Å². The molecule has 0 bridgehead atoms. The number of ketones is 1. The van der Waals surface area contributed by atoms with Crippen molar-refractivity contribution in [2.24, 2.45) is 0 Å². The number of carbonyl (C=O) groups excluding carboxylic acids is 1. The van der Waals surface area contributed by atoms with Gasteiger partial charge in [0.05, 0.1) is 0 Å². The highest BCUT2D eigenvalue weighted by Crippen LogP contribution is 1.88. The summed E-state index contributed by atoms with van der Waals surface area (Å²) in [6, 6.07) is 0. The van der Waals surface area contributed by atoms with Gasteiger partial charge in [-0.3, -0.25) is 4.79 Å². The van der Waals surface area contributed by atoms with Crippen LogP contribution in [0.4, 0.5) is 0 Å². The van der Waals surface area contributed by atoms with E-state index in [0.29, 0.717) is 0 Å². The highest BCUT2D eigenvalue weighted by Gasteiger charge is 1.82. The van der Waals surface area contributed by atoms with Crippen LogP contribution in [0.2, 0.25) is 0 Å². The Morgan fingerprint density at radius 3 is 1.75 bits per heavy atom. The molecule has 0 aromatic rings. The van der Waals surface area contributed by atoms with Gasteiger partial charge in [-0.25, -0.2) is 0 Å². The Kier molecular flexibility index (Phi) is 5.32. The summed E-state index contributed by atoms with van der Waals surface area (Å²) in [6.07, 6.45) is 2.83. The maximum Gasteiger partial charge on any atom is 0.179 e. The molecule has 0 atom stereocenters. The second-order valence-electron chi connectivity index (χ2n) is 0.988. The summed E-state index contributed by atoms with van der Waals surface area (Å²) in [6.45, 7) is 0. The van der Waals surface area contributed by atoms with Gasteiger partial charge in [0, 0.05) is 0 Å². The maximum atomic E-state index is 10.4. The number of carbonyl (C=O) groups is 1. The van der Waals surface area contributed by atoms with Crippen LogP contribution >= 0.6 is 31.9 Å². The normalized spacial score (nSPS) is 11.2. The molecule has 0 amide bonds. The fraction of sp³-hybridized carbons (Fsp3) is 0. The van der Waals surface area contributed by atoms with Gasteiger partial charge in [0.25, 0.3) is 0 Å². The van der Waals surface area contributed by atoms with Crippen molar-refractivity contribution < 1.29 is 4.79 Å². The van der Waals surface area contributed by atoms with E-state index in [9.17, 15) is 4.79 Å². The number of hydrogen-bond donors (Lipinski definition) is 0. The first kappa shape index (κ1) is 8.11. The van der Waals surface area contributed by atoms with Crippen LogP contribution in [0.1, 0.15) is 0 Å². The first-order chi connectivity index (χ1) is 3.81. The molecule has 0 rings (SSSR count). The molecule has 44 valence electrons. The van der Waals surface area contributed by atoms with E-state index in [2.05, 4.69) is 31.9 Å². The lowest BCUT2D eigenvalue weighted by atomic mass is 10.4. The van der Waals surface area contributed by atoms with Crippen molar-refractivity contribution in [3.8, 4) is 0 Å². The summed E-state index contributed by atoms with van der Waals surface area (Å²) in [7, 11) is 0. The van der Waals surface area contributed by atoms with Crippen LogP contribution in [0.15, 0.2) is 22.1 Å². The van der Waals surface area contributed by atoms with Gasteiger partial charge >= 0.3 is 0 Å². The molecule has 0 unspecified atom stereocenters. The molecular formula is C5H4Br2O. The molecule has 8 heavy (non-hydrogen) atoms. The number of allylic oxidation sites excluding steroid dienone is 2. The highest BCUT2D eigenvalue weighted by molar-refractivity contribution is 9.11. The van der Waals surface area contributed by atoms with E-state index in [1.807, 2.05) is 0 Å². The van der Waals surface area contributed by atoms with E-state index in [-0.39, 0.29) is 5.78 Å². The third kappa shape index (κ3) is 4.27. The largest absolute Gasteiger partial charge is 0.290 e. The molecule has 0 aliphatic carbocycles. The lowest BCUT2D eigenvalue weighted by Crippen LogP contribution is -1.80. The average Bonchev–Trinajstić information content (AvgIpc) is 1.68. The molecule has 0 saturated heterocycles. The fourth-order valence-electron chi connectivity index (χ4n) is 0.180. The van der Waals surface area contributed by atoms with E-state index in [1.165, 1.54) is 22.1 Å². The Balaban J connectivity index is 3.66. The Hall–Kier alpha value is 0.110. The van der Waals surface area contributed by atoms with Gasteiger partial charge in [-0.15, -0.1) is 0 Å². The van der Waals surface area contributed by atoms with E-state index < -0.39 is 0 Å². The molecule has 0 heterocycles. The summed E-state index contributed by atoms with van der Waals surface area (Å²) in [4.78, 5) is 13.4. The average molecular weight is 240 g/mol. The summed E-state index contributed by atoms with van der Waals surface area (Å²) >= 11 is 5.94. The molecule has 1 nitrogen and oxygen atoms in total. The maximum absolute atomic E-state index is 10.4. The van der Waals surface area contributed by atoms with Crippen molar-refractivity contribution in [3.05, 3.63) is 22.1 Å². The predicted molar refractivity (Wildman–Crippen MR) is 41.1 cm³/mol. The molecule has 0 fully saturated rings. The molecule has 0 saturated carbocycles. The van der Waals surface area contributed by atoms with E-state index in [1.54, 1.807) is 0 Å². The van der Waals surface area contributed by atoms with Gasteiger partial charge in [-0.2, -0.15) is 0 Å². The van der Waals surface area contributed by atoms with Gasteiger partial charge in [-0.05, 0) is 22.1 Å². The first-order valence-corrected chi connectivity index (χ1v) is 3.72. The second kappa shape index (κ2) is 5.25. The molecule has 0 aliphatic rings. The second-order valence-corrected chi connectivity index (χ2v) is 2.05. The SMILES string of the molecule is O=C(/C=C/Br)/C=C/Br. The Labute approximate surface area is 64.7 Å². The van der Waals surface area contributed by atoms with Gasteiger partial charge in [-0.1, -0.05) is 31.9 Å². The van der Waals surface area contributed by atoms with Crippen LogP contribution in [-0.2, 0) is 4.79 Å². The molecule has 0 aliphatic heterocycles. The van der Waals surface area contributed by atoms with Crippen molar-refractivity contribution in [1.29, 1.82) is 0 Å². The monoisotopic (exact) mass is 238 g/mol. The van der Waals surface area contributed by atoms with Crippen molar-refractivity contribution in [1.82, 2.24) is 0 Å². The number of hydrogen-bond acceptors (Lipinski definition) is 1. The number of halogens is 2. The van der Waals surface area contributed by atoms with Crippen molar-refractivity contribution in [2.45, 2.75) is 0 Å². The minimum Gasteiger partial charge on any atom is -0.290 e. The molecule has 3 heteroatoms. The number of rotatable bonds is 2. The van der Waals surface area contributed by atoms with Crippen LogP contribution < -0.4 is 0 Å². The topological polar surface area (TPSA) is 17.1 Å². The molecular weight excluding hydrogens is 236 g/mol. The first-order valence-electron chi connectivity index (χ1n) is 1.88. The Bertz CT molecular complexity index is 112. The predicted octanol–water partition coefficient (Wildman–Crippen LogP) is 2.37.